The number of fused-ring (bicyclic) bond motifs is 2. The number of hydrogen-bond donors (Lipinski definition) is 0. The zero-order chi connectivity index (χ0) is 51.4. The maximum absolute atomic E-state index is 13.2. The maximum atomic E-state index is 13.2. The van der Waals surface area contributed by atoms with Crippen LogP contribution in [0.25, 0.3) is 12.2 Å². The van der Waals surface area contributed by atoms with Crippen LogP contribution in [0.15, 0.2) is 115 Å². The van der Waals surface area contributed by atoms with E-state index in [2.05, 4.69) is 0 Å². The van der Waals surface area contributed by atoms with Gasteiger partial charge >= 0.3 is 41.8 Å². The first-order valence-electron chi connectivity index (χ1n) is 22.5. The predicted molar refractivity (Wildman–Crippen MR) is 257 cm³/mol. The van der Waals surface area contributed by atoms with E-state index in [4.69, 9.17) is 42.6 Å². The molecule has 6 aromatic carbocycles. The number of benzene rings is 6. The van der Waals surface area contributed by atoms with Crippen molar-refractivity contribution in [3.8, 4) is 51.7 Å². The van der Waals surface area contributed by atoms with E-state index < -0.39 is 65.8 Å². The van der Waals surface area contributed by atoms with Crippen molar-refractivity contribution >= 4 is 53.9 Å². The molecule has 0 unspecified atom stereocenters. The van der Waals surface area contributed by atoms with Gasteiger partial charge in [0.2, 0.25) is 0 Å². The number of rotatable bonds is 13. The molecule has 0 radical (unpaired) electrons. The van der Waals surface area contributed by atoms with Gasteiger partial charge < -0.3 is 42.6 Å². The highest BCUT2D eigenvalue weighted by Crippen LogP contribution is 2.59. The monoisotopic (exact) mass is 974 g/mol. The van der Waals surface area contributed by atoms with Crippen molar-refractivity contribution in [2.45, 2.75) is 72.5 Å². The summed E-state index contributed by atoms with van der Waals surface area (Å²) < 4.78 is 52.7. The third-order valence-electron chi connectivity index (χ3n) is 11.2. The van der Waals surface area contributed by atoms with Gasteiger partial charge in [-0.2, -0.15) is 0 Å². The van der Waals surface area contributed by atoms with Crippen LogP contribution in [-0.4, -0.2) is 41.8 Å². The Morgan fingerprint density at radius 2 is 0.694 bits per heavy atom. The van der Waals surface area contributed by atoms with Crippen LogP contribution in [0, 0.1) is 0 Å². The highest BCUT2D eigenvalue weighted by molar-refractivity contribution is 5.78. The first-order chi connectivity index (χ1) is 34.4. The molecule has 0 saturated heterocycles. The minimum absolute atomic E-state index is 0.0611. The lowest BCUT2D eigenvalue weighted by Crippen LogP contribution is -2.15. The van der Waals surface area contributed by atoms with E-state index in [0.29, 0.717) is 56.2 Å². The summed E-state index contributed by atoms with van der Waals surface area (Å²) in [5, 5.41) is 0. The molecule has 0 amide bonds. The fourth-order valence-corrected chi connectivity index (χ4v) is 8.73. The van der Waals surface area contributed by atoms with Crippen LogP contribution in [-0.2, 0) is 33.6 Å². The molecule has 72 heavy (non-hydrogen) atoms. The Hall–Kier alpha value is -9.05. The summed E-state index contributed by atoms with van der Waals surface area (Å²) in [4.78, 5) is 85.9. The molecule has 366 valence electrons. The third kappa shape index (κ3) is 11.5. The average Bonchev–Trinajstić information content (AvgIpc) is 3.88. The Balaban J connectivity index is 1.32. The number of ether oxygens (including phenoxy) is 9. The highest BCUT2D eigenvalue weighted by Gasteiger charge is 2.45. The molecule has 0 saturated carbocycles. The minimum atomic E-state index is -0.894. The molecular formula is C56H46O16. The second-order valence-electron chi connectivity index (χ2n) is 16.8. The third-order valence-corrected chi connectivity index (χ3v) is 11.2. The lowest BCUT2D eigenvalue weighted by molar-refractivity contribution is -0.133. The largest absolute Gasteiger partial charge is 0.484 e. The van der Waals surface area contributed by atoms with Gasteiger partial charge in [0.15, 0.2) is 0 Å². The normalized spacial score (nSPS) is 16.3. The summed E-state index contributed by atoms with van der Waals surface area (Å²) in [5.41, 5.74) is 4.42. The SMILES string of the molecule is CC(=O)Oc1ccc(/C=C/c2cc(OC(C)=O)c3c(c2)O[C@@H](c2ccc(OC(C)=O)cc2)[C@@H]3c2cc(OC(C)=O)c3c(c2)O[C@H](c2ccc(OC(C)=O)cc2)[C@H]3c2cc(OC(C)=O)cc(OC(C)=O)c2)cc1. The van der Waals surface area contributed by atoms with Gasteiger partial charge in [-0.3, -0.25) is 33.6 Å². The quantitative estimate of drug-likeness (QED) is 0.0600. The van der Waals surface area contributed by atoms with E-state index in [9.17, 15) is 33.6 Å². The molecule has 4 atom stereocenters. The molecule has 2 aliphatic rings. The highest BCUT2D eigenvalue weighted by atomic mass is 16.6. The van der Waals surface area contributed by atoms with Gasteiger partial charge in [0.1, 0.15) is 64.0 Å². The van der Waals surface area contributed by atoms with Gasteiger partial charge in [-0.25, -0.2) is 0 Å². The predicted octanol–water partition coefficient (Wildman–Crippen LogP) is 9.87. The van der Waals surface area contributed by atoms with Gasteiger partial charge in [0.25, 0.3) is 0 Å². The molecule has 2 heterocycles. The molecule has 16 nitrogen and oxygen atoms in total. The van der Waals surface area contributed by atoms with Gasteiger partial charge in [-0.15, -0.1) is 0 Å². The number of carbonyl (C=O) groups is 7. The lowest BCUT2D eigenvalue weighted by Gasteiger charge is -2.23. The van der Waals surface area contributed by atoms with Gasteiger partial charge in [0.05, 0.1) is 11.8 Å². The Bertz CT molecular complexity index is 3140. The van der Waals surface area contributed by atoms with Crippen molar-refractivity contribution in [2.24, 2.45) is 0 Å². The smallest absolute Gasteiger partial charge is 0.308 e. The van der Waals surface area contributed by atoms with E-state index in [1.807, 2.05) is 6.08 Å². The molecule has 0 bridgehead atoms. The summed E-state index contributed by atoms with van der Waals surface area (Å²) in [5.74, 6) is -3.71. The van der Waals surface area contributed by atoms with Crippen molar-refractivity contribution in [1.82, 2.24) is 0 Å². The van der Waals surface area contributed by atoms with Gasteiger partial charge in [0, 0.05) is 65.7 Å². The van der Waals surface area contributed by atoms with Crippen LogP contribution >= 0.6 is 0 Å². The summed E-state index contributed by atoms with van der Waals surface area (Å²) in [7, 11) is 0. The Morgan fingerprint density at radius 3 is 1.11 bits per heavy atom. The number of hydrogen-bond acceptors (Lipinski definition) is 16. The summed E-state index contributed by atoms with van der Waals surface area (Å²) in [6.45, 7) is 8.87. The molecule has 0 spiro atoms. The number of esters is 7. The van der Waals surface area contributed by atoms with Crippen molar-refractivity contribution < 1.29 is 76.2 Å². The molecule has 0 aromatic heterocycles. The zero-order valence-corrected chi connectivity index (χ0v) is 40.0. The molecule has 16 heteroatoms. The second kappa shape index (κ2) is 20.9. The van der Waals surface area contributed by atoms with Crippen molar-refractivity contribution in [3.63, 3.8) is 0 Å². The lowest BCUT2D eigenvalue weighted by atomic mass is 9.81. The van der Waals surface area contributed by atoms with E-state index in [1.165, 1.54) is 54.5 Å². The molecule has 0 fully saturated rings. The molecule has 0 N–H and O–H groups in total. The molecule has 0 aliphatic carbocycles. The van der Waals surface area contributed by atoms with Crippen LogP contribution in [0.5, 0.6) is 51.7 Å². The zero-order valence-electron chi connectivity index (χ0n) is 40.0. The minimum Gasteiger partial charge on any atom is -0.484 e. The summed E-state index contributed by atoms with van der Waals surface area (Å²) in [6.07, 6.45) is 1.89. The van der Waals surface area contributed by atoms with Crippen LogP contribution in [0.4, 0.5) is 0 Å². The molecule has 8 rings (SSSR count). The molecule has 2 aliphatic heterocycles. The average molecular weight is 975 g/mol. The molecule has 6 aromatic rings. The van der Waals surface area contributed by atoms with Crippen molar-refractivity contribution in [2.75, 3.05) is 0 Å². The Labute approximate surface area is 412 Å². The van der Waals surface area contributed by atoms with Crippen molar-refractivity contribution in [1.29, 1.82) is 0 Å². The topological polar surface area (TPSA) is 203 Å². The van der Waals surface area contributed by atoms with Crippen LogP contribution < -0.4 is 42.6 Å². The molecular weight excluding hydrogens is 929 g/mol. The fourth-order valence-electron chi connectivity index (χ4n) is 8.73. The standard InChI is InChI=1S/C56H46O16/c1-29(57)64-42-16-10-36(11-17-42)8-9-37-22-47(69-34(6)62)53-48(23-37)71-56(39-14-20-44(21-15-39)66-31(3)59)52(53)41-26-49(70-35(7)63)54-50(27-41)72-55(38-12-18-43(19-13-38)65-30(2)58)51(54)40-24-45(67-32(4)60)28-46(25-40)68-33(5)61/h8-28,51-52,55-56H,1-7H3/b9-8+/t51-,52+,55+,56-/m0/s1. The Kier molecular flexibility index (Phi) is 14.3. The van der Waals surface area contributed by atoms with E-state index in [0.717, 1.165) is 5.56 Å². The first kappa shape index (κ1) is 49.4. The summed E-state index contributed by atoms with van der Waals surface area (Å²) in [6, 6.07) is 31.8. The number of carbonyl (C=O) groups excluding carboxylic acids is 7. The van der Waals surface area contributed by atoms with E-state index in [-0.39, 0.29) is 34.5 Å². The Morgan fingerprint density at radius 1 is 0.347 bits per heavy atom. The van der Waals surface area contributed by atoms with Crippen LogP contribution in [0.2, 0.25) is 0 Å². The van der Waals surface area contributed by atoms with E-state index in [1.54, 1.807) is 115 Å². The second-order valence-corrected chi connectivity index (χ2v) is 16.8. The van der Waals surface area contributed by atoms with E-state index >= 15 is 0 Å². The summed E-state index contributed by atoms with van der Waals surface area (Å²) >= 11 is 0. The van der Waals surface area contributed by atoms with Crippen LogP contribution in [0.1, 0.15) is 117 Å². The van der Waals surface area contributed by atoms with Crippen molar-refractivity contribution in [3.05, 3.63) is 160 Å². The van der Waals surface area contributed by atoms with Gasteiger partial charge in [-0.05, 0) is 106 Å². The van der Waals surface area contributed by atoms with Gasteiger partial charge in [-0.1, -0.05) is 48.6 Å². The maximum Gasteiger partial charge on any atom is 0.308 e. The first-order valence-corrected chi connectivity index (χ1v) is 22.5. The fraction of sp³-hybridized carbons (Fsp3) is 0.196. The van der Waals surface area contributed by atoms with Crippen LogP contribution in [0.3, 0.4) is 0 Å².